The highest BCUT2D eigenvalue weighted by Gasteiger charge is 2.12. The SMILES string of the molecule is CCOC(=O)Cc1ccc(CC)c(C)c1C#N. The molecule has 0 fully saturated rings. The third kappa shape index (κ3) is 3.07. The van der Waals surface area contributed by atoms with Crippen molar-refractivity contribution >= 4 is 5.97 Å². The molecule has 0 aromatic heterocycles. The Morgan fingerprint density at radius 3 is 2.53 bits per heavy atom. The van der Waals surface area contributed by atoms with Crippen molar-refractivity contribution < 1.29 is 9.53 Å². The number of hydrogen-bond acceptors (Lipinski definition) is 3. The monoisotopic (exact) mass is 231 g/mol. The smallest absolute Gasteiger partial charge is 0.310 e. The first kappa shape index (κ1) is 13.2. The van der Waals surface area contributed by atoms with Crippen molar-refractivity contribution in [3.63, 3.8) is 0 Å². The molecular formula is C14H17NO2. The molecule has 3 nitrogen and oxygen atoms in total. The minimum absolute atomic E-state index is 0.168. The fraction of sp³-hybridized carbons (Fsp3) is 0.429. The summed E-state index contributed by atoms with van der Waals surface area (Å²) >= 11 is 0. The third-order valence-electron chi connectivity index (χ3n) is 2.80. The first-order valence-corrected chi connectivity index (χ1v) is 5.81. The van der Waals surface area contributed by atoms with Gasteiger partial charge in [-0.3, -0.25) is 4.79 Å². The summed E-state index contributed by atoms with van der Waals surface area (Å²) in [6, 6.07) is 6.00. The summed E-state index contributed by atoms with van der Waals surface area (Å²) in [5, 5.41) is 9.16. The van der Waals surface area contributed by atoms with E-state index in [0.29, 0.717) is 12.2 Å². The topological polar surface area (TPSA) is 50.1 Å². The van der Waals surface area contributed by atoms with Crippen molar-refractivity contribution in [2.75, 3.05) is 6.61 Å². The molecule has 0 saturated carbocycles. The number of benzene rings is 1. The average Bonchev–Trinajstić information content (AvgIpc) is 2.30. The Labute approximate surface area is 102 Å². The van der Waals surface area contributed by atoms with Gasteiger partial charge in [0.2, 0.25) is 0 Å². The molecule has 0 radical (unpaired) electrons. The maximum Gasteiger partial charge on any atom is 0.310 e. The normalized spacial score (nSPS) is 9.76. The zero-order chi connectivity index (χ0) is 12.8. The van der Waals surface area contributed by atoms with Gasteiger partial charge in [-0.05, 0) is 37.0 Å². The molecule has 0 aliphatic carbocycles. The van der Waals surface area contributed by atoms with Gasteiger partial charge in [0, 0.05) is 0 Å². The predicted octanol–water partition coefficient (Wildman–Crippen LogP) is 2.53. The van der Waals surface area contributed by atoms with Gasteiger partial charge in [-0.1, -0.05) is 19.1 Å². The van der Waals surface area contributed by atoms with Gasteiger partial charge in [0.25, 0.3) is 0 Å². The molecule has 0 unspecified atom stereocenters. The average molecular weight is 231 g/mol. The molecule has 0 N–H and O–H groups in total. The van der Waals surface area contributed by atoms with Crippen LogP contribution in [0.4, 0.5) is 0 Å². The van der Waals surface area contributed by atoms with E-state index < -0.39 is 0 Å². The van der Waals surface area contributed by atoms with Crippen LogP contribution in [0.5, 0.6) is 0 Å². The highest BCUT2D eigenvalue weighted by Crippen LogP contribution is 2.19. The zero-order valence-corrected chi connectivity index (χ0v) is 10.5. The van der Waals surface area contributed by atoms with Crippen molar-refractivity contribution in [1.82, 2.24) is 0 Å². The molecule has 17 heavy (non-hydrogen) atoms. The molecule has 0 aliphatic heterocycles. The van der Waals surface area contributed by atoms with Gasteiger partial charge in [-0.25, -0.2) is 0 Å². The Bertz CT molecular complexity index is 458. The molecule has 90 valence electrons. The number of rotatable bonds is 4. The van der Waals surface area contributed by atoms with Crippen molar-refractivity contribution in [3.8, 4) is 6.07 Å². The molecule has 0 amide bonds. The summed E-state index contributed by atoms with van der Waals surface area (Å²) in [4.78, 5) is 11.4. The van der Waals surface area contributed by atoms with Crippen LogP contribution in [0.1, 0.15) is 36.1 Å². The van der Waals surface area contributed by atoms with Crippen LogP contribution in [0, 0.1) is 18.3 Å². The van der Waals surface area contributed by atoms with E-state index in [1.165, 1.54) is 0 Å². The summed E-state index contributed by atoms with van der Waals surface area (Å²) in [6.07, 6.45) is 1.06. The highest BCUT2D eigenvalue weighted by atomic mass is 16.5. The van der Waals surface area contributed by atoms with E-state index in [2.05, 4.69) is 13.0 Å². The fourth-order valence-corrected chi connectivity index (χ4v) is 1.86. The highest BCUT2D eigenvalue weighted by molar-refractivity contribution is 5.74. The second-order valence-corrected chi connectivity index (χ2v) is 3.83. The number of hydrogen-bond donors (Lipinski definition) is 0. The van der Waals surface area contributed by atoms with E-state index in [-0.39, 0.29) is 12.4 Å². The van der Waals surface area contributed by atoms with Crippen molar-refractivity contribution in [3.05, 3.63) is 34.4 Å². The van der Waals surface area contributed by atoms with Crippen LogP contribution in [-0.2, 0) is 22.4 Å². The molecule has 0 bridgehead atoms. The molecule has 0 spiro atoms. The van der Waals surface area contributed by atoms with E-state index >= 15 is 0 Å². The molecule has 0 saturated heterocycles. The first-order valence-electron chi connectivity index (χ1n) is 5.81. The minimum Gasteiger partial charge on any atom is -0.466 e. The zero-order valence-electron chi connectivity index (χ0n) is 10.5. The van der Waals surface area contributed by atoms with Crippen LogP contribution in [0.2, 0.25) is 0 Å². The van der Waals surface area contributed by atoms with E-state index in [4.69, 9.17) is 10.00 Å². The maximum absolute atomic E-state index is 11.4. The van der Waals surface area contributed by atoms with Gasteiger partial charge in [-0.15, -0.1) is 0 Å². The molecule has 3 heteroatoms. The molecule has 0 aliphatic rings. The Morgan fingerprint density at radius 2 is 2.00 bits per heavy atom. The predicted molar refractivity (Wildman–Crippen MR) is 65.6 cm³/mol. The lowest BCUT2D eigenvalue weighted by Gasteiger charge is -2.10. The van der Waals surface area contributed by atoms with E-state index in [1.54, 1.807) is 6.92 Å². The molecule has 1 rings (SSSR count). The number of nitrogens with zero attached hydrogens (tertiary/aromatic N) is 1. The first-order chi connectivity index (χ1) is 8.13. The summed E-state index contributed by atoms with van der Waals surface area (Å²) in [6.45, 7) is 6.11. The van der Waals surface area contributed by atoms with Gasteiger partial charge in [0.1, 0.15) is 0 Å². The lowest BCUT2D eigenvalue weighted by Crippen LogP contribution is -2.09. The van der Waals surface area contributed by atoms with Crippen LogP contribution >= 0.6 is 0 Å². The van der Waals surface area contributed by atoms with Gasteiger partial charge in [0.15, 0.2) is 0 Å². The molecule has 1 aromatic carbocycles. The summed E-state index contributed by atoms with van der Waals surface area (Å²) in [7, 11) is 0. The largest absolute Gasteiger partial charge is 0.466 e. The Kier molecular flexibility index (Phi) is 4.71. The Balaban J connectivity index is 3.06. The number of aryl methyl sites for hydroxylation is 1. The standard InChI is InChI=1S/C14H17NO2/c1-4-11-6-7-12(8-14(16)17-5-2)13(9-15)10(11)3/h6-7H,4-5,8H2,1-3H3. The number of carbonyl (C=O) groups is 1. The quantitative estimate of drug-likeness (QED) is 0.748. The lowest BCUT2D eigenvalue weighted by atomic mass is 9.95. The molecule has 0 heterocycles. The summed E-state index contributed by atoms with van der Waals surface area (Å²) in [5.74, 6) is -0.285. The number of nitriles is 1. The maximum atomic E-state index is 11.4. The lowest BCUT2D eigenvalue weighted by molar-refractivity contribution is -0.142. The van der Waals surface area contributed by atoms with Gasteiger partial charge >= 0.3 is 5.97 Å². The van der Waals surface area contributed by atoms with Crippen LogP contribution in [0.3, 0.4) is 0 Å². The van der Waals surface area contributed by atoms with Crippen molar-refractivity contribution in [2.45, 2.75) is 33.6 Å². The minimum atomic E-state index is -0.285. The van der Waals surface area contributed by atoms with E-state index in [1.807, 2.05) is 19.1 Å². The Hall–Kier alpha value is -1.82. The molecular weight excluding hydrogens is 214 g/mol. The Morgan fingerprint density at radius 1 is 1.35 bits per heavy atom. The summed E-state index contributed by atoms with van der Waals surface area (Å²) < 4.78 is 4.89. The van der Waals surface area contributed by atoms with Gasteiger partial charge in [-0.2, -0.15) is 5.26 Å². The summed E-state index contributed by atoms with van der Waals surface area (Å²) in [5.41, 5.74) is 3.48. The second-order valence-electron chi connectivity index (χ2n) is 3.83. The third-order valence-corrected chi connectivity index (χ3v) is 2.80. The van der Waals surface area contributed by atoms with Gasteiger partial charge in [0.05, 0.1) is 24.7 Å². The second kappa shape index (κ2) is 6.05. The van der Waals surface area contributed by atoms with Crippen molar-refractivity contribution in [1.29, 1.82) is 5.26 Å². The fourth-order valence-electron chi connectivity index (χ4n) is 1.86. The van der Waals surface area contributed by atoms with Crippen LogP contribution < -0.4 is 0 Å². The number of ether oxygens (including phenoxy) is 1. The van der Waals surface area contributed by atoms with Crippen molar-refractivity contribution in [2.24, 2.45) is 0 Å². The molecule has 1 aromatic rings. The molecule has 0 atom stereocenters. The van der Waals surface area contributed by atoms with Crippen LogP contribution in [0.25, 0.3) is 0 Å². The van der Waals surface area contributed by atoms with Gasteiger partial charge < -0.3 is 4.74 Å². The van der Waals surface area contributed by atoms with Crippen LogP contribution in [-0.4, -0.2) is 12.6 Å². The van der Waals surface area contributed by atoms with E-state index in [0.717, 1.165) is 23.1 Å². The van der Waals surface area contributed by atoms with E-state index in [9.17, 15) is 4.79 Å². The number of carbonyl (C=O) groups excluding carboxylic acids is 1. The van der Waals surface area contributed by atoms with Crippen LogP contribution in [0.15, 0.2) is 12.1 Å². The number of esters is 1.